The molecule has 0 fully saturated rings. The van der Waals surface area contributed by atoms with E-state index in [0.29, 0.717) is 18.0 Å². The number of hydrazine groups is 1. The Kier molecular flexibility index (Phi) is 9.79. The minimum atomic E-state index is -3.49. The molecule has 1 aromatic carbocycles. The number of methoxy groups -OCH3 is 1. The summed E-state index contributed by atoms with van der Waals surface area (Å²) in [7, 11) is -1.95. The molecule has 3 N–H and O–H groups in total. The smallest absolute Gasteiger partial charge is 0.252 e. The highest BCUT2D eigenvalue weighted by Gasteiger charge is 2.25. The van der Waals surface area contributed by atoms with Crippen molar-refractivity contribution in [3.05, 3.63) is 23.8 Å². The van der Waals surface area contributed by atoms with Gasteiger partial charge < -0.3 is 9.47 Å². The molecule has 1 atom stereocenters. The van der Waals surface area contributed by atoms with E-state index in [1.54, 1.807) is 33.1 Å². The van der Waals surface area contributed by atoms with Crippen LogP contribution in [0, 0.1) is 17.8 Å². The van der Waals surface area contributed by atoms with Gasteiger partial charge in [0, 0.05) is 13.0 Å². The monoisotopic (exact) mass is 411 g/mol. The van der Waals surface area contributed by atoms with Gasteiger partial charge >= 0.3 is 0 Å². The molecule has 0 aliphatic carbocycles. The van der Waals surface area contributed by atoms with Crippen molar-refractivity contribution in [2.75, 3.05) is 20.0 Å². The zero-order chi connectivity index (χ0) is 21.2. The molecule has 0 heterocycles. The molecule has 0 aliphatic rings. The Balaban J connectivity index is 2.65. The molecule has 1 amide bonds. The van der Waals surface area contributed by atoms with Crippen LogP contribution >= 0.6 is 0 Å². The summed E-state index contributed by atoms with van der Waals surface area (Å²) in [5, 5.41) is 0. The number of carbonyl (C=O) groups excluding carboxylic acids is 1. The molecule has 1 unspecified atom stereocenters. The van der Waals surface area contributed by atoms with Crippen molar-refractivity contribution in [3.8, 4) is 23.3 Å². The van der Waals surface area contributed by atoms with Crippen LogP contribution in [-0.2, 0) is 21.4 Å². The average molecular weight is 412 g/mol. The SMILES string of the molecule is CCC#CCOc1ccc(CNNC(=O)C(NS(C)(=O)=O)C(C)C)cc1OC. The van der Waals surface area contributed by atoms with E-state index in [2.05, 4.69) is 27.4 Å². The van der Waals surface area contributed by atoms with Crippen LogP contribution in [0.4, 0.5) is 0 Å². The van der Waals surface area contributed by atoms with Crippen LogP contribution < -0.4 is 25.0 Å². The Morgan fingerprint density at radius 1 is 1.21 bits per heavy atom. The Hall–Kier alpha value is -2.28. The van der Waals surface area contributed by atoms with E-state index in [1.165, 1.54) is 0 Å². The van der Waals surface area contributed by atoms with Crippen molar-refractivity contribution in [2.24, 2.45) is 5.92 Å². The van der Waals surface area contributed by atoms with E-state index in [4.69, 9.17) is 9.47 Å². The molecule has 0 aromatic heterocycles. The molecule has 0 spiro atoms. The van der Waals surface area contributed by atoms with Crippen molar-refractivity contribution in [3.63, 3.8) is 0 Å². The predicted octanol–water partition coefficient (Wildman–Crippen LogP) is 1.18. The second-order valence-electron chi connectivity index (χ2n) is 6.44. The van der Waals surface area contributed by atoms with Gasteiger partial charge in [-0.25, -0.2) is 18.6 Å². The fraction of sp³-hybridized carbons (Fsp3) is 0.526. The lowest BCUT2D eigenvalue weighted by molar-refractivity contribution is -0.124. The van der Waals surface area contributed by atoms with E-state index in [9.17, 15) is 13.2 Å². The fourth-order valence-electron chi connectivity index (χ4n) is 2.27. The van der Waals surface area contributed by atoms with Crippen LogP contribution in [-0.4, -0.2) is 40.3 Å². The fourth-order valence-corrected chi connectivity index (χ4v) is 3.11. The number of benzene rings is 1. The molecule has 0 aliphatic heterocycles. The highest BCUT2D eigenvalue weighted by molar-refractivity contribution is 7.88. The summed E-state index contributed by atoms with van der Waals surface area (Å²) in [4.78, 5) is 12.2. The Bertz CT molecular complexity index is 813. The number of nitrogens with one attached hydrogen (secondary N) is 3. The van der Waals surface area contributed by atoms with Crippen molar-refractivity contribution in [1.82, 2.24) is 15.6 Å². The van der Waals surface area contributed by atoms with Crippen molar-refractivity contribution < 1.29 is 22.7 Å². The number of ether oxygens (including phenoxy) is 2. The number of rotatable bonds is 10. The molecule has 0 saturated carbocycles. The Labute approximate surface area is 167 Å². The van der Waals surface area contributed by atoms with Gasteiger partial charge in [0.1, 0.15) is 12.6 Å². The summed E-state index contributed by atoms with van der Waals surface area (Å²) in [6.45, 7) is 6.09. The summed E-state index contributed by atoms with van der Waals surface area (Å²) in [5.74, 6) is 6.30. The third-order valence-corrected chi connectivity index (χ3v) is 4.31. The molecule has 0 saturated heterocycles. The first-order chi connectivity index (χ1) is 13.2. The third kappa shape index (κ3) is 8.61. The van der Waals surface area contributed by atoms with E-state index in [-0.39, 0.29) is 12.5 Å². The first-order valence-corrected chi connectivity index (χ1v) is 10.8. The topological polar surface area (TPSA) is 106 Å². The lowest BCUT2D eigenvalue weighted by Gasteiger charge is -2.20. The quantitative estimate of drug-likeness (QED) is 0.394. The van der Waals surface area contributed by atoms with Gasteiger partial charge in [0.05, 0.1) is 13.4 Å². The second-order valence-corrected chi connectivity index (χ2v) is 8.22. The highest BCUT2D eigenvalue weighted by atomic mass is 32.2. The van der Waals surface area contributed by atoms with Crippen LogP contribution in [0.15, 0.2) is 18.2 Å². The van der Waals surface area contributed by atoms with Crippen LogP contribution in [0.1, 0.15) is 32.8 Å². The van der Waals surface area contributed by atoms with E-state index in [1.807, 2.05) is 13.0 Å². The molecular formula is C19H29N3O5S. The number of hydrogen-bond donors (Lipinski definition) is 3. The number of sulfonamides is 1. The maximum absolute atomic E-state index is 12.2. The van der Waals surface area contributed by atoms with Gasteiger partial charge in [-0.3, -0.25) is 10.2 Å². The summed E-state index contributed by atoms with van der Waals surface area (Å²) in [6.07, 6.45) is 1.79. The van der Waals surface area contributed by atoms with Crippen LogP contribution in [0.5, 0.6) is 11.5 Å². The zero-order valence-electron chi connectivity index (χ0n) is 17.0. The molecule has 0 radical (unpaired) electrons. The first-order valence-electron chi connectivity index (χ1n) is 8.93. The zero-order valence-corrected chi connectivity index (χ0v) is 17.8. The molecule has 8 nitrogen and oxygen atoms in total. The van der Waals surface area contributed by atoms with Gasteiger partial charge in [-0.15, -0.1) is 5.92 Å². The lowest BCUT2D eigenvalue weighted by Crippen LogP contribution is -2.52. The van der Waals surface area contributed by atoms with Crippen molar-refractivity contribution in [2.45, 2.75) is 39.8 Å². The van der Waals surface area contributed by atoms with Crippen LogP contribution in [0.25, 0.3) is 0 Å². The van der Waals surface area contributed by atoms with Crippen LogP contribution in [0.3, 0.4) is 0 Å². The predicted molar refractivity (Wildman–Crippen MR) is 108 cm³/mol. The molecule has 156 valence electrons. The number of hydrogen-bond acceptors (Lipinski definition) is 6. The molecule has 28 heavy (non-hydrogen) atoms. The minimum absolute atomic E-state index is 0.205. The minimum Gasteiger partial charge on any atom is -0.493 e. The summed E-state index contributed by atoms with van der Waals surface area (Å²) in [5.41, 5.74) is 6.18. The van der Waals surface area contributed by atoms with Crippen molar-refractivity contribution in [1.29, 1.82) is 0 Å². The molecule has 1 aromatic rings. The molecule has 0 bridgehead atoms. The third-order valence-electron chi connectivity index (χ3n) is 3.62. The second kappa shape index (κ2) is 11.5. The van der Waals surface area contributed by atoms with E-state index in [0.717, 1.165) is 18.2 Å². The number of carbonyl (C=O) groups is 1. The molecule has 1 rings (SSSR count). The van der Waals surface area contributed by atoms with Gasteiger partial charge in [-0.1, -0.05) is 32.8 Å². The number of amides is 1. The van der Waals surface area contributed by atoms with Gasteiger partial charge in [-0.05, 0) is 23.6 Å². The largest absolute Gasteiger partial charge is 0.493 e. The van der Waals surface area contributed by atoms with Gasteiger partial charge in [0.25, 0.3) is 5.91 Å². The van der Waals surface area contributed by atoms with E-state index < -0.39 is 22.0 Å². The van der Waals surface area contributed by atoms with Gasteiger partial charge in [0.2, 0.25) is 10.0 Å². The normalized spacial score (nSPS) is 12.1. The van der Waals surface area contributed by atoms with Crippen molar-refractivity contribution >= 4 is 15.9 Å². The van der Waals surface area contributed by atoms with Crippen LogP contribution in [0.2, 0.25) is 0 Å². The van der Waals surface area contributed by atoms with Gasteiger partial charge in [0.15, 0.2) is 11.5 Å². The highest BCUT2D eigenvalue weighted by Crippen LogP contribution is 2.27. The van der Waals surface area contributed by atoms with Gasteiger partial charge in [-0.2, -0.15) is 0 Å². The Morgan fingerprint density at radius 2 is 1.93 bits per heavy atom. The average Bonchev–Trinajstić information content (AvgIpc) is 2.62. The molecular weight excluding hydrogens is 382 g/mol. The maximum Gasteiger partial charge on any atom is 0.252 e. The summed E-state index contributed by atoms with van der Waals surface area (Å²) < 4.78 is 36.1. The Morgan fingerprint density at radius 3 is 2.50 bits per heavy atom. The molecule has 9 heteroatoms. The maximum atomic E-state index is 12.2. The summed E-state index contributed by atoms with van der Waals surface area (Å²) in [6, 6.07) is 4.53. The van der Waals surface area contributed by atoms with E-state index >= 15 is 0 Å². The lowest BCUT2D eigenvalue weighted by atomic mass is 10.1. The standard InChI is InChI=1S/C19H29N3O5S/c1-6-7-8-11-27-16-10-9-15(12-17(16)26-4)13-20-21-19(23)18(14(2)3)22-28(5,24)25/h9-10,12,14,18,20,22H,6,11,13H2,1-5H3,(H,21,23). The summed E-state index contributed by atoms with van der Waals surface area (Å²) >= 11 is 0. The first kappa shape index (κ1) is 23.8.